The highest BCUT2D eigenvalue weighted by atomic mass is 19.1. The lowest BCUT2D eigenvalue weighted by atomic mass is 10.1. The van der Waals surface area contributed by atoms with Crippen molar-refractivity contribution in [2.75, 3.05) is 11.9 Å². The first-order chi connectivity index (χ1) is 15.0. The van der Waals surface area contributed by atoms with Gasteiger partial charge in [-0.25, -0.2) is 13.9 Å². The van der Waals surface area contributed by atoms with Gasteiger partial charge in [-0.3, -0.25) is 4.79 Å². The first kappa shape index (κ1) is 20.1. The average Bonchev–Trinajstić information content (AvgIpc) is 3.45. The summed E-state index contributed by atoms with van der Waals surface area (Å²) in [5, 5.41) is 7.12. The molecule has 0 bridgehead atoms. The number of hydrogen-bond acceptors (Lipinski definition) is 5. The first-order valence-electron chi connectivity index (χ1n) is 9.53. The Balaban J connectivity index is 1.73. The largest absolute Gasteiger partial charge is 0.461 e. The van der Waals surface area contributed by atoms with Gasteiger partial charge in [-0.05, 0) is 61.5 Å². The van der Waals surface area contributed by atoms with E-state index in [0.717, 1.165) is 0 Å². The Morgan fingerprint density at radius 3 is 2.61 bits per heavy atom. The summed E-state index contributed by atoms with van der Waals surface area (Å²) in [5.74, 6) is -1.15. The molecule has 0 fully saturated rings. The fourth-order valence-electron chi connectivity index (χ4n) is 3.03. The Bertz CT molecular complexity index is 1210. The Labute approximate surface area is 177 Å². The SMILES string of the molecule is CCOC(=O)c1cc(-c2cccc(NC(=O)c3ccco3)c2)n(-c2ccc(F)cc2)n1. The molecule has 8 heteroatoms. The van der Waals surface area contributed by atoms with Crippen LogP contribution in [0.15, 0.2) is 77.4 Å². The Kier molecular flexibility index (Phi) is 5.61. The Hall–Kier alpha value is -4.20. The zero-order chi connectivity index (χ0) is 21.8. The molecule has 0 atom stereocenters. The van der Waals surface area contributed by atoms with Gasteiger partial charge in [-0.2, -0.15) is 5.10 Å². The fraction of sp³-hybridized carbons (Fsp3) is 0.0870. The second kappa shape index (κ2) is 8.66. The number of furan rings is 1. The summed E-state index contributed by atoms with van der Waals surface area (Å²) < 4.78 is 25.1. The van der Waals surface area contributed by atoms with Gasteiger partial charge in [0.15, 0.2) is 11.5 Å². The van der Waals surface area contributed by atoms with Crippen LogP contribution in [0.2, 0.25) is 0 Å². The number of aromatic nitrogens is 2. The molecule has 0 aliphatic carbocycles. The zero-order valence-corrected chi connectivity index (χ0v) is 16.5. The van der Waals surface area contributed by atoms with Gasteiger partial charge in [-0.1, -0.05) is 12.1 Å². The normalized spacial score (nSPS) is 10.6. The van der Waals surface area contributed by atoms with E-state index in [9.17, 15) is 14.0 Å². The van der Waals surface area contributed by atoms with Crippen molar-refractivity contribution in [3.05, 3.63) is 90.3 Å². The second-order valence-electron chi connectivity index (χ2n) is 6.54. The molecule has 4 aromatic rings. The molecule has 0 unspecified atom stereocenters. The molecule has 0 spiro atoms. The van der Waals surface area contributed by atoms with Crippen LogP contribution in [-0.4, -0.2) is 28.3 Å². The smallest absolute Gasteiger partial charge is 0.358 e. The van der Waals surface area contributed by atoms with Crippen LogP contribution in [0.1, 0.15) is 28.0 Å². The number of ether oxygens (including phenoxy) is 1. The third-order valence-corrected chi connectivity index (χ3v) is 4.43. The van der Waals surface area contributed by atoms with Crippen LogP contribution in [0.4, 0.5) is 10.1 Å². The quantitative estimate of drug-likeness (QED) is 0.458. The van der Waals surface area contributed by atoms with Crippen molar-refractivity contribution in [3.8, 4) is 16.9 Å². The van der Waals surface area contributed by atoms with Crippen LogP contribution in [0, 0.1) is 5.82 Å². The summed E-state index contributed by atoms with van der Waals surface area (Å²) in [4.78, 5) is 24.5. The molecule has 2 aromatic heterocycles. The topological polar surface area (TPSA) is 86.4 Å². The van der Waals surface area contributed by atoms with E-state index in [0.29, 0.717) is 22.6 Å². The zero-order valence-electron chi connectivity index (χ0n) is 16.5. The van der Waals surface area contributed by atoms with Crippen molar-refractivity contribution < 1.29 is 23.1 Å². The number of halogens is 1. The Morgan fingerprint density at radius 1 is 1.10 bits per heavy atom. The predicted octanol–water partition coefficient (Wildman–Crippen LogP) is 4.70. The van der Waals surface area contributed by atoms with Crippen molar-refractivity contribution in [2.45, 2.75) is 6.92 Å². The summed E-state index contributed by atoms with van der Waals surface area (Å²) in [6.45, 7) is 1.92. The van der Waals surface area contributed by atoms with Gasteiger partial charge in [0.25, 0.3) is 5.91 Å². The third-order valence-electron chi connectivity index (χ3n) is 4.43. The molecule has 0 saturated carbocycles. The van der Waals surface area contributed by atoms with Crippen LogP contribution in [0.5, 0.6) is 0 Å². The lowest BCUT2D eigenvalue weighted by Gasteiger charge is -2.09. The minimum absolute atomic E-state index is 0.117. The maximum atomic E-state index is 13.4. The summed E-state index contributed by atoms with van der Waals surface area (Å²) >= 11 is 0. The molecule has 156 valence electrons. The molecule has 31 heavy (non-hydrogen) atoms. The molecular weight excluding hydrogens is 401 g/mol. The van der Waals surface area contributed by atoms with Gasteiger partial charge in [-0.15, -0.1) is 0 Å². The second-order valence-corrected chi connectivity index (χ2v) is 6.54. The van der Waals surface area contributed by atoms with E-state index in [1.807, 2.05) is 6.07 Å². The van der Waals surface area contributed by atoms with Crippen molar-refractivity contribution in [2.24, 2.45) is 0 Å². The highest BCUT2D eigenvalue weighted by Gasteiger charge is 2.18. The van der Waals surface area contributed by atoms with E-state index >= 15 is 0 Å². The number of amides is 1. The van der Waals surface area contributed by atoms with Gasteiger partial charge in [0.05, 0.1) is 24.3 Å². The summed E-state index contributed by atoms with van der Waals surface area (Å²) in [7, 11) is 0. The van der Waals surface area contributed by atoms with E-state index in [2.05, 4.69) is 10.4 Å². The van der Waals surface area contributed by atoms with Crippen molar-refractivity contribution >= 4 is 17.6 Å². The lowest BCUT2D eigenvalue weighted by molar-refractivity contribution is 0.0519. The van der Waals surface area contributed by atoms with E-state index in [-0.39, 0.29) is 29.8 Å². The number of rotatable bonds is 6. The van der Waals surface area contributed by atoms with Crippen LogP contribution >= 0.6 is 0 Å². The number of carbonyl (C=O) groups is 2. The predicted molar refractivity (Wildman–Crippen MR) is 112 cm³/mol. The number of benzene rings is 2. The van der Waals surface area contributed by atoms with Gasteiger partial charge >= 0.3 is 5.97 Å². The molecule has 0 aliphatic heterocycles. The number of anilines is 1. The number of hydrogen-bond donors (Lipinski definition) is 1. The molecule has 2 heterocycles. The fourth-order valence-corrected chi connectivity index (χ4v) is 3.03. The number of esters is 1. The average molecular weight is 419 g/mol. The van der Waals surface area contributed by atoms with Gasteiger partial charge in [0.1, 0.15) is 5.82 Å². The van der Waals surface area contributed by atoms with Crippen molar-refractivity contribution in [3.63, 3.8) is 0 Å². The van der Waals surface area contributed by atoms with Crippen molar-refractivity contribution in [1.82, 2.24) is 9.78 Å². The molecule has 2 aromatic carbocycles. The summed E-state index contributed by atoms with van der Waals surface area (Å²) in [6, 6.07) is 17.6. The third kappa shape index (κ3) is 4.37. The van der Waals surface area contributed by atoms with E-state index in [1.165, 1.54) is 23.1 Å². The summed E-state index contributed by atoms with van der Waals surface area (Å²) in [6.07, 6.45) is 1.42. The maximum absolute atomic E-state index is 13.4. The molecule has 1 amide bonds. The minimum Gasteiger partial charge on any atom is -0.461 e. The highest BCUT2D eigenvalue weighted by molar-refractivity contribution is 6.02. The maximum Gasteiger partial charge on any atom is 0.358 e. The molecule has 1 N–H and O–H groups in total. The molecular formula is C23H18FN3O4. The standard InChI is InChI=1S/C23H18FN3O4/c1-2-30-23(29)19-14-20(27(26-19)18-10-8-16(24)9-11-18)15-5-3-6-17(13-15)25-22(28)21-7-4-12-31-21/h3-14H,2H2,1H3,(H,25,28). The van der Waals surface area contributed by atoms with Crippen LogP contribution < -0.4 is 5.32 Å². The van der Waals surface area contributed by atoms with Gasteiger partial charge in [0.2, 0.25) is 0 Å². The Morgan fingerprint density at radius 2 is 1.90 bits per heavy atom. The highest BCUT2D eigenvalue weighted by Crippen LogP contribution is 2.27. The van der Waals surface area contributed by atoms with Gasteiger partial charge in [0, 0.05) is 11.3 Å². The monoisotopic (exact) mass is 419 g/mol. The number of nitrogens with one attached hydrogen (secondary N) is 1. The van der Waals surface area contributed by atoms with Crippen LogP contribution in [0.25, 0.3) is 16.9 Å². The molecule has 0 radical (unpaired) electrons. The minimum atomic E-state index is -0.563. The number of carbonyl (C=O) groups excluding carboxylic acids is 2. The number of nitrogens with zero attached hydrogens (tertiary/aromatic N) is 2. The van der Waals surface area contributed by atoms with E-state index in [4.69, 9.17) is 9.15 Å². The molecule has 0 aliphatic rings. The molecule has 4 rings (SSSR count). The van der Waals surface area contributed by atoms with Gasteiger partial charge < -0.3 is 14.5 Å². The summed E-state index contributed by atoms with van der Waals surface area (Å²) in [5.41, 5.74) is 2.47. The molecule has 7 nitrogen and oxygen atoms in total. The van der Waals surface area contributed by atoms with Crippen LogP contribution in [0.3, 0.4) is 0 Å². The van der Waals surface area contributed by atoms with Crippen molar-refractivity contribution in [1.29, 1.82) is 0 Å². The van der Waals surface area contributed by atoms with Crippen LogP contribution in [-0.2, 0) is 4.74 Å². The lowest BCUT2D eigenvalue weighted by Crippen LogP contribution is -2.10. The first-order valence-corrected chi connectivity index (χ1v) is 9.53. The molecule has 0 saturated heterocycles. The van der Waals surface area contributed by atoms with E-state index in [1.54, 1.807) is 55.5 Å². The van der Waals surface area contributed by atoms with E-state index < -0.39 is 5.97 Å².